The van der Waals surface area contributed by atoms with E-state index in [0.29, 0.717) is 5.11 Å². The van der Waals surface area contributed by atoms with E-state index in [1.54, 1.807) is 6.26 Å². The highest BCUT2D eigenvalue weighted by Gasteiger charge is 2.38. The molecule has 3 nitrogen and oxygen atoms in total. The normalized spacial score (nSPS) is 15.3. The molecule has 3 aromatic rings. The summed E-state index contributed by atoms with van der Waals surface area (Å²) >= 11 is 7.44. The Morgan fingerprint density at radius 3 is 2.39 bits per heavy atom. The van der Waals surface area contributed by atoms with Crippen molar-refractivity contribution in [3.05, 3.63) is 84.3 Å². The highest BCUT2D eigenvalue weighted by Crippen LogP contribution is 2.39. The van der Waals surface area contributed by atoms with Crippen molar-refractivity contribution in [3.63, 3.8) is 0 Å². The molecule has 0 amide bonds. The Kier molecular flexibility index (Phi) is 6.03. The van der Waals surface area contributed by atoms with E-state index in [0.717, 1.165) is 30.0 Å². The van der Waals surface area contributed by atoms with E-state index in [2.05, 4.69) is 59.2 Å². The Balaban J connectivity index is 1.34. The van der Waals surface area contributed by atoms with Crippen LogP contribution in [0.3, 0.4) is 0 Å². The van der Waals surface area contributed by atoms with Gasteiger partial charge in [0.15, 0.2) is 5.11 Å². The fraction of sp³-hybridized carbons (Fsp3) is 0.261. The minimum Gasteiger partial charge on any atom is -0.467 e. The first kappa shape index (κ1) is 19.1. The molecule has 1 aliphatic rings. The number of hydrogen-bond acceptors (Lipinski definition) is 3. The van der Waals surface area contributed by atoms with Crippen LogP contribution in [0.25, 0.3) is 0 Å². The molecular weight excluding hydrogens is 384 g/mol. The Morgan fingerprint density at radius 1 is 0.964 bits per heavy atom. The smallest absolute Gasteiger partial charge is 0.171 e. The average Bonchev–Trinajstić information content (AvgIpc) is 3.41. The van der Waals surface area contributed by atoms with Crippen molar-refractivity contribution in [1.29, 1.82) is 0 Å². The number of benzene rings is 2. The highest BCUT2D eigenvalue weighted by atomic mass is 32.2. The summed E-state index contributed by atoms with van der Waals surface area (Å²) in [6, 6.07) is 22.9. The third-order valence-corrected chi connectivity index (χ3v) is 6.45. The third-order valence-electron chi connectivity index (χ3n) is 5.16. The second-order valence-corrected chi connectivity index (χ2v) is 8.60. The lowest BCUT2D eigenvalue weighted by molar-refractivity contribution is 0.317. The fourth-order valence-electron chi connectivity index (χ4n) is 3.71. The summed E-state index contributed by atoms with van der Waals surface area (Å²) in [5, 5.41) is 7.50. The van der Waals surface area contributed by atoms with Crippen LogP contribution in [-0.2, 0) is 11.3 Å². The van der Waals surface area contributed by atoms with E-state index in [1.165, 1.54) is 23.3 Å². The standard InChI is InChI=1S/C23H24N2OS2/c27-22(25-23(14-4-5-15-23)21-9-6-16-26-21)24-19-12-10-18(11-13-19)17-28-20-7-2-1-3-8-20/h1-3,6-13,16H,4-5,14-15,17H2,(H2,24,25,27). The van der Waals surface area contributed by atoms with Crippen LogP contribution in [0.4, 0.5) is 5.69 Å². The van der Waals surface area contributed by atoms with Gasteiger partial charge in [-0.05, 0) is 67.0 Å². The number of rotatable bonds is 6. The van der Waals surface area contributed by atoms with Crippen molar-refractivity contribution in [2.75, 3.05) is 5.32 Å². The van der Waals surface area contributed by atoms with Crippen molar-refractivity contribution in [2.45, 2.75) is 41.9 Å². The topological polar surface area (TPSA) is 37.2 Å². The van der Waals surface area contributed by atoms with E-state index in [-0.39, 0.29) is 5.54 Å². The zero-order valence-electron chi connectivity index (χ0n) is 15.7. The summed E-state index contributed by atoms with van der Waals surface area (Å²) in [7, 11) is 0. The molecule has 1 aromatic heterocycles. The quantitative estimate of drug-likeness (QED) is 0.368. The van der Waals surface area contributed by atoms with Crippen molar-refractivity contribution in [3.8, 4) is 0 Å². The van der Waals surface area contributed by atoms with Gasteiger partial charge in [-0.3, -0.25) is 0 Å². The third kappa shape index (κ3) is 4.59. The van der Waals surface area contributed by atoms with Crippen LogP contribution in [0.15, 0.2) is 82.3 Å². The second-order valence-electron chi connectivity index (χ2n) is 7.14. The molecule has 0 radical (unpaired) electrons. The molecule has 0 unspecified atom stereocenters. The molecule has 2 aromatic carbocycles. The molecule has 4 rings (SSSR count). The molecule has 1 fully saturated rings. The molecule has 2 N–H and O–H groups in total. The van der Waals surface area contributed by atoms with Gasteiger partial charge in [-0.25, -0.2) is 0 Å². The Bertz CT molecular complexity index is 886. The molecule has 0 aliphatic heterocycles. The van der Waals surface area contributed by atoms with Gasteiger partial charge in [-0.15, -0.1) is 11.8 Å². The van der Waals surface area contributed by atoms with E-state index < -0.39 is 0 Å². The van der Waals surface area contributed by atoms with Crippen LogP contribution >= 0.6 is 24.0 Å². The summed E-state index contributed by atoms with van der Waals surface area (Å²) < 4.78 is 5.70. The molecule has 1 saturated carbocycles. The Labute approximate surface area is 175 Å². The first-order valence-corrected chi connectivity index (χ1v) is 11.0. The molecule has 1 aliphatic carbocycles. The number of hydrogen-bond donors (Lipinski definition) is 2. The van der Waals surface area contributed by atoms with Gasteiger partial charge in [0.1, 0.15) is 5.76 Å². The zero-order valence-corrected chi connectivity index (χ0v) is 17.3. The number of thiocarbonyl (C=S) groups is 1. The van der Waals surface area contributed by atoms with Gasteiger partial charge < -0.3 is 15.1 Å². The summed E-state index contributed by atoms with van der Waals surface area (Å²) in [5.41, 5.74) is 2.11. The van der Waals surface area contributed by atoms with Crippen molar-refractivity contribution >= 4 is 34.8 Å². The van der Waals surface area contributed by atoms with E-state index in [4.69, 9.17) is 16.6 Å². The maximum Gasteiger partial charge on any atom is 0.171 e. The van der Waals surface area contributed by atoms with Crippen LogP contribution in [-0.4, -0.2) is 5.11 Å². The number of anilines is 1. The number of nitrogens with one attached hydrogen (secondary N) is 2. The predicted octanol–water partition coefficient (Wildman–Crippen LogP) is 6.33. The summed E-state index contributed by atoms with van der Waals surface area (Å²) in [6.45, 7) is 0. The Morgan fingerprint density at radius 2 is 1.71 bits per heavy atom. The van der Waals surface area contributed by atoms with Crippen LogP contribution < -0.4 is 10.6 Å². The molecule has 0 saturated heterocycles. The van der Waals surface area contributed by atoms with Gasteiger partial charge in [-0.1, -0.05) is 43.2 Å². The monoisotopic (exact) mass is 408 g/mol. The highest BCUT2D eigenvalue weighted by molar-refractivity contribution is 7.98. The van der Waals surface area contributed by atoms with Gasteiger partial charge >= 0.3 is 0 Å². The van der Waals surface area contributed by atoms with Gasteiger partial charge in [0, 0.05) is 16.3 Å². The second kappa shape index (κ2) is 8.84. The van der Waals surface area contributed by atoms with E-state index >= 15 is 0 Å². The van der Waals surface area contributed by atoms with Crippen LogP contribution in [0.1, 0.15) is 37.0 Å². The summed E-state index contributed by atoms with van der Waals surface area (Å²) in [5.74, 6) is 1.93. The number of thioether (sulfide) groups is 1. The van der Waals surface area contributed by atoms with Crippen LogP contribution in [0.2, 0.25) is 0 Å². The maximum atomic E-state index is 5.70. The van der Waals surface area contributed by atoms with E-state index in [9.17, 15) is 0 Å². The zero-order chi connectivity index (χ0) is 19.2. The van der Waals surface area contributed by atoms with Gasteiger partial charge in [0.25, 0.3) is 0 Å². The summed E-state index contributed by atoms with van der Waals surface area (Å²) in [4.78, 5) is 1.29. The van der Waals surface area contributed by atoms with Crippen molar-refractivity contribution < 1.29 is 4.42 Å². The van der Waals surface area contributed by atoms with Crippen LogP contribution in [0.5, 0.6) is 0 Å². The van der Waals surface area contributed by atoms with Gasteiger partial charge in [-0.2, -0.15) is 0 Å². The van der Waals surface area contributed by atoms with E-state index in [1.807, 2.05) is 30.0 Å². The van der Waals surface area contributed by atoms with Crippen molar-refractivity contribution in [1.82, 2.24) is 5.32 Å². The minimum absolute atomic E-state index is 0.181. The van der Waals surface area contributed by atoms with Crippen molar-refractivity contribution in [2.24, 2.45) is 0 Å². The average molecular weight is 409 g/mol. The Hall–Kier alpha value is -2.24. The first-order valence-electron chi connectivity index (χ1n) is 9.63. The molecule has 1 heterocycles. The largest absolute Gasteiger partial charge is 0.467 e. The first-order chi connectivity index (χ1) is 13.7. The SMILES string of the molecule is S=C(Nc1ccc(CSc2ccccc2)cc1)NC1(c2ccco2)CCCC1. The lowest BCUT2D eigenvalue weighted by atomic mass is 9.94. The maximum absolute atomic E-state index is 5.70. The summed E-state index contributed by atoms with van der Waals surface area (Å²) in [6.07, 6.45) is 6.18. The van der Waals surface area contributed by atoms with Gasteiger partial charge in [0.2, 0.25) is 0 Å². The van der Waals surface area contributed by atoms with Crippen LogP contribution in [0, 0.1) is 0 Å². The lowest BCUT2D eigenvalue weighted by Crippen LogP contribution is -2.45. The van der Waals surface area contributed by atoms with Gasteiger partial charge in [0.05, 0.1) is 11.8 Å². The number of furan rings is 1. The fourth-order valence-corrected chi connectivity index (χ4v) is 4.90. The molecule has 5 heteroatoms. The molecular formula is C23H24N2OS2. The molecule has 0 bridgehead atoms. The molecule has 0 spiro atoms. The predicted molar refractivity (Wildman–Crippen MR) is 121 cm³/mol. The minimum atomic E-state index is -0.181. The molecule has 144 valence electrons. The molecule has 28 heavy (non-hydrogen) atoms. The lowest BCUT2D eigenvalue weighted by Gasteiger charge is -2.29. The molecule has 0 atom stereocenters.